The maximum Gasteiger partial charge on any atom is 0.416 e. The van der Waals surface area contributed by atoms with Gasteiger partial charge < -0.3 is 5.32 Å². The first kappa shape index (κ1) is 21.7. The molecule has 2 rings (SSSR count). The summed E-state index contributed by atoms with van der Waals surface area (Å²) in [6, 6.07) is 9.57. The highest BCUT2D eigenvalue weighted by Gasteiger charge is 2.32. The fourth-order valence-corrected chi connectivity index (χ4v) is 3.93. The minimum atomic E-state index is -4.48. The van der Waals surface area contributed by atoms with E-state index in [1.165, 1.54) is 0 Å². The number of sulfonamides is 1. The minimum Gasteiger partial charge on any atom is -0.324 e. The third kappa shape index (κ3) is 5.25. The Bertz CT molecular complexity index is 924. The third-order valence-electron chi connectivity index (χ3n) is 4.10. The van der Waals surface area contributed by atoms with Gasteiger partial charge in [0.15, 0.2) is 0 Å². The zero-order valence-electron chi connectivity index (χ0n) is 15.6. The molecule has 152 valence electrons. The summed E-state index contributed by atoms with van der Waals surface area (Å²) in [6.45, 7) is 3.51. The fourth-order valence-electron chi connectivity index (χ4n) is 2.72. The highest BCUT2D eigenvalue weighted by molar-refractivity contribution is 7.92. The van der Waals surface area contributed by atoms with Crippen molar-refractivity contribution >= 4 is 27.3 Å². The molecule has 0 fully saturated rings. The molecule has 0 heterocycles. The predicted octanol–water partition coefficient (Wildman–Crippen LogP) is 4.20. The third-order valence-corrected chi connectivity index (χ3v) is 5.28. The molecule has 0 aliphatic heterocycles. The van der Waals surface area contributed by atoms with Crippen molar-refractivity contribution in [2.24, 2.45) is 0 Å². The summed E-state index contributed by atoms with van der Waals surface area (Å²) >= 11 is 0. The number of hydrogen-bond donors (Lipinski definition) is 1. The number of carbonyl (C=O) groups excluding carboxylic acids is 1. The molecule has 0 aliphatic carbocycles. The van der Waals surface area contributed by atoms with Crippen molar-refractivity contribution in [2.75, 3.05) is 15.9 Å². The molecule has 0 radical (unpaired) electrons. The molecular weight excluding hydrogens is 393 g/mol. The van der Waals surface area contributed by atoms with Gasteiger partial charge in [0, 0.05) is 5.69 Å². The van der Waals surface area contributed by atoms with E-state index in [2.05, 4.69) is 5.32 Å². The molecule has 1 amide bonds. The Labute approximate surface area is 162 Å². The predicted molar refractivity (Wildman–Crippen MR) is 103 cm³/mol. The molecular formula is C19H21F3N2O3S. The molecule has 0 saturated heterocycles. The van der Waals surface area contributed by atoms with Crippen LogP contribution in [-0.2, 0) is 21.0 Å². The lowest BCUT2D eigenvalue weighted by atomic mass is 10.1. The van der Waals surface area contributed by atoms with E-state index in [4.69, 9.17) is 0 Å². The Hall–Kier alpha value is -2.55. The average Bonchev–Trinajstić information content (AvgIpc) is 2.59. The Balaban J connectivity index is 2.30. The maximum absolute atomic E-state index is 12.7. The Kier molecular flexibility index (Phi) is 6.38. The first-order valence-corrected chi connectivity index (χ1v) is 10.3. The monoisotopic (exact) mass is 414 g/mol. The summed E-state index contributed by atoms with van der Waals surface area (Å²) in [4.78, 5) is 12.7. The summed E-state index contributed by atoms with van der Waals surface area (Å²) in [5.41, 5.74) is 0.575. The van der Waals surface area contributed by atoms with Crippen LogP contribution in [0.15, 0.2) is 48.5 Å². The van der Waals surface area contributed by atoms with E-state index in [0.29, 0.717) is 5.69 Å². The van der Waals surface area contributed by atoms with E-state index in [1.807, 2.05) is 6.92 Å². The summed E-state index contributed by atoms with van der Waals surface area (Å²) in [5, 5.41) is 2.49. The zero-order valence-corrected chi connectivity index (χ0v) is 16.4. The SMILES string of the molecule is CC[C@@H](C(=O)Nc1ccc(C(F)(F)F)cc1)N(c1ccc(C)cc1)S(C)(=O)=O. The first-order chi connectivity index (χ1) is 12.9. The lowest BCUT2D eigenvalue weighted by Gasteiger charge is -2.30. The van der Waals surface area contributed by atoms with E-state index in [0.717, 1.165) is 40.4 Å². The second-order valence-corrected chi connectivity index (χ2v) is 8.24. The molecule has 9 heteroatoms. The molecule has 0 aromatic heterocycles. The maximum atomic E-state index is 12.7. The minimum absolute atomic E-state index is 0.147. The Morgan fingerprint density at radius 3 is 2.04 bits per heavy atom. The molecule has 0 aliphatic rings. The van der Waals surface area contributed by atoms with Crippen LogP contribution in [0.2, 0.25) is 0 Å². The van der Waals surface area contributed by atoms with E-state index in [-0.39, 0.29) is 12.1 Å². The van der Waals surface area contributed by atoms with Crippen LogP contribution in [-0.4, -0.2) is 26.6 Å². The molecule has 0 unspecified atom stereocenters. The quantitative estimate of drug-likeness (QED) is 0.771. The highest BCUT2D eigenvalue weighted by Crippen LogP contribution is 2.30. The van der Waals surface area contributed by atoms with Crippen LogP contribution in [0.25, 0.3) is 0 Å². The van der Waals surface area contributed by atoms with Crippen molar-refractivity contribution in [2.45, 2.75) is 32.5 Å². The van der Waals surface area contributed by atoms with E-state index in [1.54, 1.807) is 31.2 Å². The van der Waals surface area contributed by atoms with Crippen molar-refractivity contribution in [3.8, 4) is 0 Å². The normalized spacial score (nSPS) is 13.1. The van der Waals surface area contributed by atoms with Gasteiger partial charge in [0.2, 0.25) is 15.9 Å². The largest absolute Gasteiger partial charge is 0.416 e. The Morgan fingerprint density at radius 2 is 1.61 bits per heavy atom. The van der Waals surface area contributed by atoms with Crippen LogP contribution < -0.4 is 9.62 Å². The summed E-state index contributed by atoms with van der Waals surface area (Å²) in [5.74, 6) is -0.631. The van der Waals surface area contributed by atoms with Crippen LogP contribution in [0, 0.1) is 6.92 Å². The number of halogens is 3. The number of hydrogen-bond acceptors (Lipinski definition) is 3. The number of nitrogens with zero attached hydrogens (tertiary/aromatic N) is 1. The molecule has 0 bridgehead atoms. The van der Waals surface area contributed by atoms with Crippen LogP contribution in [0.3, 0.4) is 0 Å². The van der Waals surface area contributed by atoms with Crippen molar-refractivity contribution in [3.63, 3.8) is 0 Å². The highest BCUT2D eigenvalue weighted by atomic mass is 32.2. The molecule has 1 N–H and O–H groups in total. The summed E-state index contributed by atoms with van der Waals surface area (Å²) in [7, 11) is -3.78. The first-order valence-electron chi connectivity index (χ1n) is 8.47. The second kappa shape index (κ2) is 8.22. The number of rotatable bonds is 6. The number of aryl methyl sites for hydroxylation is 1. The zero-order chi connectivity index (χ0) is 21.1. The molecule has 0 spiro atoms. The molecule has 0 saturated carbocycles. The van der Waals surface area contributed by atoms with Gasteiger partial charge >= 0.3 is 6.18 Å². The van der Waals surface area contributed by atoms with Gasteiger partial charge in [-0.2, -0.15) is 13.2 Å². The van der Waals surface area contributed by atoms with Gasteiger partial charge in [-0.15, -0.1) is 0 Å². The fraction of sp³-hybridized carbons (Fsp3) is 0.316. The van der Waals surface area contributed by atoms with E-state index >= 15 is 0 Å². The lowest BCUT2D eigenvalue weighted by molar-refractivity contribution is -0.137. The Morgan fingerprint density at radius 1 is 1.07 bits per heavy atom. The van der Waals surface area contributed by atoms with Crippen molar-refractivity contribution in [3.05, 3.63) is 59.7 Å². The number of amides is 1. The standard InChI is InChI=1S/C19H21F3N2O3S/c1-4-17(24(28(3,26)27)16-11-5-13(2)6-12-16)18(25)23-15-9-7-14(8-10-15)19(20,21)22/h5-12,17H,4H2,1-3H3,(H,23,25)/t17-/m0/s1. The number of nitrogens with one attached hydrogen (secondary N) is 1. The van der Waals surface area contributed by atoms with Gasteiger partial charge in [0.1, 0.15) is 6.04 Å². The number of anilines is 2. The number of carbonyl (C=O) groups is 1. The molecule has 2 aromatic rings. The summed E-state index contributed by atoms with van der Waals surface area (Å²) in [6.07, 6.45) is -3.30. The second-order valence-electron chi connectivity index (χ2n) is 6.38. The smallest absolute Gasteiger partial charge is 0.324 e. The van der Waals surface area contributed by atoms with Crippen LogP contribution in [0.1, 0.15) is 24.5 Å². The number of alkyl halides is 3. The summed E-state index contributed by atoms with van der Waals surface area (Å²) < 4.78 is 63.7. The molecule has 5 nitrogen and oxygen atoms in total. The van der Waals surface area contributed by atoms with E-state index < -0.39 is 33.7 Å². The van der Waals surface area contributed by atoms with Gasteiger partial charge in [0.05, 0.1) is 17.5 Å². The molecule has 1 atom stereocenters. The van der Waals surface area contributed by atoms with Gasteiger partial charge in [-0.1, -0.05) is 24.6 Å². The van der Waals surface area contributed by atoms with Gasteiger partial charge in [-0.3, -0.25) is 9.10 Å². The van der Waals surface area contributed by atoms with Gasteiger partial charge in [0.25, 0.3) is 0 Å². The van der Waals surface area contributed by atoms with Crippen LogP contribution in [0.4, 0.5) is 24.5 Å². The van der Waals surface area contributed by atoms with Crippen LogP contribution >= 0.6 is 0 Å². The lowest BCUT2D eigenvalue weighted by Crippen LogP contribution is -2.47. The van der Waals surface area contributed by atoms with Gasteiger partial charge in [-0.25, -0.2) is 8.42 Å². The number of benzene rings is 2. The molecule has 2 aromatic carbocycles. The topological polar surface area (TPSA) is 66.5 Å². The van der Waals surface area contributed by atoms with Crippen molar-refractivity contribution < 1.29 is 26.4 Å². The van der Waals surface area contributed by atoms with Crippen LogP contribution in [0.5, 0.6) is 0 Å². The van der Waals surface area contributed by atoms with Crippen molar-refractivity contribution in [1.82, 2.24) is 0 Å². The van der Waals surface area contributed by atoms with E-state index in [9.17, 15) is 26.4 Å². The van der Waals surface area contributed by atoms with Crippen molar-refractivity contribution in [1.29, 1.82) is 0 Å². The molecule has 28 heavy (non-hydrogen) atoms. The van der Waals surface area contributed by atoms with Gasteiger partial charge in [-0.05, 0) is 49.7 Å². The average molecular weight is 414 g/mol.